The van der Waals surface area contributed by atoms with Gasteiger partial charge in [0, 0.05) is 34.8 Å². The molecule has 38 heavy (non-hydrogen) atoms. The van der Waals surface area contributed by atoms with E-state index >= 15 is 0 Å². The summed E-state index contributed by atoms with van der Waals surface area (Å²) in [6.07, 6.45) is 3.59. The van der Waals surface area contributed by atoms with Gasteiger partial charge in [0.1, 0.15) is 5.82 Å². The first-order valence-corrected chi connectivity index (χ1v) is 12.4. The van der Waals surface area contributed by atoms with E-state index in [2.05, 4.69) is 61.7 Å². The number of hydrogen-bond donors (Lipinski definition) is 0. The van der Waals surface area contributed by atoms with Crippen LogP contribution in [0.15, 0.2) is 134 Å². The van der Waals surface area contributed by atoms with Crippen molar-refractivity contribution in [2.45, 2.75) is 0 Å². The lowest BCUT2D eigenvalue weighted by molar-refractivity contribution is 1.05. The Morgan fingerprint density at radius 1 is 0.474 bits per heavy atom. The van der Waals surface area contributed by atoms with E-state index in [0.717, 1.165) is 56.6 Å². The highest BCUT2D eigenvalue weighted by Gasteiger charge is 2.22. The van der Waals surface area contributed by atoms with Gasteiger partial charge < -0.3 is 0 Å². The van der Waals surface area contributed by atoms with Crippen LogP contribution >= 0.6 is 0 Å². The minimum absolute atomic E-state index is 0.754. The van der Waals surface area contributed by atoms with Crippen LogP contribution in [0.3, 0.4) is 0 Å². The molecular formula is C32H22N6. The molecular weight excluding hydrogens is 468 g/mol. The molecule has 0 radical (unpaired) electrons. The molecule has 0 atom stereocenters. The first-order valence-electron chi connectivity index (χ1n) is 12.4. The Kier molecular flexibility index (Phi) is 5.33. The fourth-order valence-electron chi connectivity index (χ4n) is 4.88. The smallest absolute Gasteiger partial charge is 0.170 e. The molecule has 180 valence electrons. The van der Waals surface area contributed by atoms with E-state index in [1.165, 1.54) is 0 Å². The minimum atomic E-state index is 0.754. The fraction of sp³-hybridized carbons (Fsp3) is 0. The van der Waals surface area contributed by atoms with E-state index in [1.54, 1.807) is 12.4 Å². The number of pyridine rings is 1. The largest absolute Gasteiger partial charge is 0.292 e. The molecule has 0 N–H and O–H groups in total. The normalized spacial score (nSPS) is 11.2. The maximum Gasteiger partial charge on any atom is 0.170 e. The van der Waals surface area contributed by atoms with Gasteiger partial charge in [0.05, 0.1) is 16.7 Å². The quantitative estimate of drug-likeness (QED) is 0.261. The average Bonchev–Trinajstić information content (AvgIpc) is 3.61. The van der Waals surface area contributed by atoms with E-state index in [4.69, 9.17) is 10.1 Å². The predicted molar refractivity (Wildman–Crippen MR) is 150 cm³/mol. The molecule has 0 amide bonds. The van der Waals surface area contributed by atoms with Gasteiger partial charge in [-0.1, -0.05) is 72.8 Å². The van der Waals surface area contributed by atoms with Crippen LogP contribution in [0.5, 0.6) is 0 Å². The summed E-state index contributed by atoms with van der Waals surface area (Å²) in [6, 6.07) is 40.9. The lowest BCUT2D eigenvalue weighted by Gasteiger charge is -2.16. The van der Waals surface area contributed by atoms with E-state index in [1.807, 2.05) is 78.9 Å². The zero-order valence-corrected chi connectivity index (χ0v) is 20.4. The minimum Gasteiger partial charge on any atom is -0.292 e. The van der Waals surface area contributed by atoms with Gasteiger partial charge in [0.25, 0.3) is 0 Å². The second-order valence-corrected chi connectivity index (χ2v) is 8.90. The van der Waals surface area contributed by atoms with Gasteiger partial charge in [-0.15, -0.1) is 10.2 Å². The van der Waals surface area contributed by atoms with Crippen LogP contribution in [0.4, 0.5) is 0 Å². The summed E-state index contributed by atoms with van der Waals surface area (Å²) in [4.78, 5) is 9.23. The number of rotatable bonds is 5. The van der Waals surface area contributed by atoms with Gasteiger partial charge in [-0.05, 0) is 48.5 Å². The third-order valence-electron chi connectivity index (χ3n) is 6.59. The maximum atomic E-state index is 5.02. The van der Waals surface area contributed by atoms with Crippen molar-refractivity contribution in [1.29, 1.82) is 0 Å². The Morgan fingerprint density at radius 2 is 1.11 bits per heavy atom. The molecule has 0 fully saturated rings. The SMILES string of the molecule is c1ccc(-c2nnc(-c3ccccc3-n3c(-c4ccncc4)nc4ccccc43)n2-c2ccccc2)cc1. The molecule has 0 unspecified atom stereocenters. The number of benzene rings is 4. The summed E-state index contributed by atoms with van der Waals surface area (Å²) in [7, 11) is 0. The zero-order valence-electron chi connectivity index (χ0n) is 20.4. The van der Waals surface area contributed by atoms with E-state index < -0.39 is 0 Å². The number of imidazole rings is 1. The maximum absolute atomic E-state index is 5.02. The Morgan fingerprint density at radius 3 is 1.92 bits per heavy atom. The number of para-hydroxylation sites is 4. The molecule has 6 nitrogen and oxygen atoms in total. The monoisotopic (exact) mass is 490 g/mol. The Balaban J connectivity index is 1.52. The second-order valence-electron chi connectivity index (χ2n) is 8.90. The standard InChI is InChI=1S/C32H22N6/c1-3-11-23(12-4-1)31-35-36-32(37(31)25-13-5-2-6-14-25)26-15-7-9-17-28(26)38-29-18-10-8-16-27(29)34-30(38)24-19-21-33-22-20-24/h1-22H. The molecule has 7 aromatic rings. The van der Waals surface area contributed by atoms with Crippen LogP contribution in [0, 0.1) is 0 Å². The van der Waals surface area contributed by atoms with Crippen molar-refractivity contribution in [3.63, 3.8) is 0 Å². The molecule has 3 aromatic heterocycles. The Hall–Kier alpha value is -5.36. The van der Waals surface area contributed by atoms with Gasteiger partial charge in [-0.2, -0.15) is 0 Å². The van der Waals surface area contributed by atoms with Crippen molar-refractivity contribution in [2.75, 3.05) is 0 Å². The van der Waals surface area contributed by atoms with Crippen molar-refractivity contribution < 1.29 is 0 Å². The molecule has 0 aliphatic carbocycles. The summed E-state index contributed by atoms with van der Waals surface area (Å²) in [5.74, 6) is 2.38. The van der Waals surface area contributed by atoms with Crippen LogP contribution in [-0.2, 0) is 0 Å². The number of nitrogens with zero attached hydrogens (tertiary/aromatic N) is 6. The van der Waals surface area contributed by atoms with Crippen LogP contribution in [0.25, 0.3) is 56.6 Å². The van der Waals surface area contributed by atoms with Crippen molar-refractivity contribution in [3.8, 4) is 45.5 Å². The highest BCUT2D eigenvalue weighted by Crippen LogP contribution is 2.36. The summed E-state index contributed by atoms with van der Waals surface area (Å²) in [5, 5.41) is 9.45. The molecule has 0 aliphatic rings. The fourth-order valence-corrected chi connectivity index (χ4v) is 4.88. The van der Waals surface area contributed by atoms with E-state index in [-0.39, 0.29) is 0 Å². The van der Waals surface area contributed by atoms with E-state index in [9.17, 15) is 0 Å². The van der Waals surface area contributed by atoms with Crippen LogP contribution in [-0.4, -0.2) is 29.3 Å². The molecule has 0 bridgehead atoms. The Bertz CT molecular complexity index is 1850. The number of hydrogen-bond acceptors (Lipinski definition) is 4. The van der Waals surface area contributed by atoms with Crippen LogP contribution in [0.2, 0.25) is 0 Å². The van der Waals surface area contributed by atoms with Crippen LogP contribution in [0.1, 0.15) is 0 Å². The van der Waals surface area contributed by atoms with Crippen molar-refractivity contribution in [3.05, 3.63) is 134 Å². The van der Waals surface area contributed by atoms with Crippen molar-refractivity contribution in [1.82, 2.24) is 29.3 Å². The molecule has 4 aromatic carbocycles. The molecule has 0 aliphatic heterocycles. The van der Waals surface area contributed by atoms with Gasteiger partial charge in [-0.3, -0.25) is 14.1 Å². The molecule has 0 saturated heterocycles. The average molecular weight is 491 g/mol. The zero-order chi connectivity index (χ0) is 25.3. The molecule has 3 heterocycles. The molecule has 0 saturated carbocycles. The number of fused-ring (bicyclic) bond motifs is 1. The third-order valence-corrected chi connectivity index (χ3v) is 6.59. The van der Waals surface area contributed by atoms with E-state index in [0.29, 0.717) is 0 Å². The van der Waals surface area contributed by atoms with Gasteiger partial charge in [0.2, 0.25) is 0 Å². The molecule has 0 spiro atoms. The summed E-state index contributed by atoms with van der Waals surface area (Å²) in [6.45, 7) is 0. The summed E-state index contributed by atoms with van der Waals surface area (Å²) in [5.41, 5.74) is 6.83. The highest BCUT2D eigenvalue weighted by molar-refractivity contribution is 5.86. The van der Waals surface area contributed by atoms with Crippen LogP contribution < -0.4 is 0 Å². The Labute approximate surface area is 219 Å². The molecule has 6 heteroatoms. The number of aromatic nitrogens is 6. The highest BCUT2D eigenvalue weighted by atomic mass is 15.3. The third kappa shape index (κ3) is 3.67. The van der Waals surface area contributed by atoms with Crippen molar-refractivity contribution >= 4 is 11.0 Å². The lowest BCUT2D eigenvalue weighted by atomic mass is 10.1. The predicted octanol–water partition coefficient (Wildman–Crippen LogP) is 7.00. The lowest BCUT2D eigenvalue weighted by Crippen LogP contribution is -2.04. The van der Waals surface area contributed by atoms with Gasteiger partial charge in [-0.25, -0.2) is 4.98 Å². The topological polar surface area (TPSA) is 61.4 Å². The first-order chi connectivity index (χ1) is 18.9. The summed E-state index contributed by atoms with van der Waals surface area (Å²) < 4.78 is 4.32. The van der Waals surface area contributed by atoms with Gasteiger partial charge >= 0.3 is 0 Å². The second kappa shape index (κ2) is 9.26. The molecule has 7 rings (SSSR count). The van der Waals surface area contributed by atoms with Crippen molar-refractivity contribution in [2.24, 2.45) is 0 Å². The summed E-state index contributed by atoms with van der Waals surface area (Å²) >= 11 is 0. The first kappa shape index (κ1) is 21.9. The van der Waals surface area contributed by atoms with Gasteiger partial charge in [0.15, 0.2) is 11.6 Å².